The fraction of sp³-hybridized carbons (Fsp3) is 0.368. The molecule has 0 atom stereocenters. The predicted molar refractivity (Wildman–Crippen MR) is 99.1 cm³/mol. The van der Waals surface area contributed by atoms with Crippen LogP contribution in [0.15, 0.2) is 47.6 Å². The minimum absolute atomic E-state index is 0.297. The molecule has 0 bridgehead atoms. The smallest absolute Gasteiger partial charge is 0.213 e. The lowest BCUT2D eigenvalue weighted by Crippen LogP contribution is -2.22. The zero-order valence-corrected chi connectivity index (χ0v) is 14.4. The van der Waals surface area contributed by atoms with Crippen molar-refractivity contribution in [2.45, 2.75) is 38.3 Å². The number of aromatic nitrogens is 1. The number of benzene rings is 1. The summed E-state index contributed by atoms with van der Waals surface area (Å²) in [6, 6.07) is 11.4. The van der Waals surface area contributed by atoms with Gasteiger partial charge < -0.3 is 20.5 Å². The van der Waals surface area contributed by atoms with Gasteiger partial charge in [0.2, 0.25) is 5.88 Å². The van der Waals surface area contributed by atoms with Crippen LogP contribution in [0, 0.1) is 0 Å². The van der Waals surface area contributed by atoms with Crippen LogP contribution in [0.5, 0.6) is 11.6 Å². The van der Waals surface area contributed by atoms with Crippen molar-refractivity contribution in [1.82, 2.24) is 4.98 Å². The number of pyridine rings is 1. The summed E-state index contributed by atoms with van der Waals surface area (Å²) < 4.78 is 11.1. The molecule has 3 N–H and O–H groups in total. The molecule has 1 aromatic heterocycles. The molecule has 3 rings (SSSR count). The van der Waals surface area contributed by atoms with Gasteiger partial charge in [0.15, 0.2) is 5.96 Å². The number of methoxy groups -OCH3 is 1. The van der Waals surface area contributed by atoms with Crippen molar-refractivity contribution < 1.29 is 9.47 Å². The maximum Gasteiger partial charge on any atom is 0.213 e. The number of nitrogens with one attached hydrogen (secondary N) is 1. The summed E-state index contributed by atoms with van der Waals surface area (Å²) in [6.07, 6.45) is 6.75. The summed E-state index contributed by atoms with van der Waals surface area (Å²) in [5.41, 5.74) is 7.81. The molecule has 6 heteroatoms. The van der Waals surface area contributed by atoms with E-state index in [0.29, 0.717) is 24.5 Å². The Balaban J connectivity index is 1.58. The number of rotatable bonds is 6. The molecule has 0 saturated heterocycles. The van der Waals surface area contributed by atoms with E-state index in [1.165, 1.54) is 12.8 Å². The second-order valence-corrected chi connectivity index (χ2v) is 6.09. The number of guanidine groups is 1. The number of nitrogens with zero attached hydrogens (tertiary/aromatic N) is 2. The standard InChI is InChI=1S/C19H24N4O2/c1-24-17-8-4-5-15(12-17)23-19(20)22-13-14-9-10-21-18(11-14)25-16-6-2-3-7-16/h4-5,8-12,16H,2-3,6-7,13H2,1H3,(H3,20,22,23). The van der Waals surface area contributed by atoms with Crippen LogP contribution in [0.2, 0.25) is 0 Å². The van der Waals surface area contributed by atoms with Gasteiger partial charge in [-0.15, -0.1) is 0 Å². The van der Waals surface area contributed by atoms with E-state index in [0.717, 1.165) is 29.8 Å². The highest BCUT2D eigenvalue weighted by Crippen LogP contribution is 2.23. The van der Waals surface area contributed by atoms with E-state index in [-0.39, 0.29) is 0 Å². The van der Waals surface area contributed by atoms with E-state index in [9.17, 15) is 0 Å². The van der Waals surface area contributed by atoms with E-state index < -0.39 is 0 Å². The quantitative estimate of drug-likeness (QED) is 0.622. The molecule has 1 fully saturated rings. The predicted octanol–water partition coefficient (Wildman–Crippen LogP) is 3.34. The summed E-state index contributed by atoms with van der Waals surface area (Å²) in [7, 11) is 1.63. The average molecular weight is 340 g/mol. The van der Waals surface area contributed by atoms with Gasteiger partial charge in [0, 0.05) is 24.0 Å². The van der Waals surface area contributed by atoms with E-state index in [1.807, 2.05) is 36.4 Å². The molecule has 0 amide bonds. The zero-order valence-electron chi connectivity index (χ0n) is 14.4. The largest absolute Gasteiger partial charge is 0.497 e. The number of nitrogens with two attached hydrogens (primary N) is 1. The fourth-order valence-electron chi connectivity index (χ4n) is 2.85. The van der Waals surface area contributed by atoms with Crippen LogP contribution in [-0.2, 0) is 6.54 Å². The summed E-state index contributed by atoms with van der Waals surface area (Å²) in [6.45, 7) is 0.465. The monoisotopic (exact) mass is 340 g/mol. The van der Waals surface area contributed by atoms with E-state index in [4.69, 9.17) is 15.2 Å². The number of hydrogen-bond donors (Lipinski definition) is 2. The Kier molecular flexibility index (Phi) is 5.72. The first-order valence-corrected chi connectivity index (χ1v) is 8.55. The normalized spacial score (nSPS) is 15.2. The summed E-state index contributed by atoms with van der Waals surface area (Å²) in [5.74, 6) is 1.78. The molecule has 1 aliphatic carbocycles. The van der Waals surface area contributed by atoms with Crippen molar-refractivity contribution >= 4 is 11.6 Å². The summed E-state index contributed by atoms with van der Waals surface area (Å²) in [4.78, 5) is 8.66. The van der Waals surface area contributed by atoms with Crippen molar-refractivity contribution in [3.63, 3.8) is 0 Å². The van der Waals surface area contributed by atoms with Crippen LogP contribution in [-0.4, -0.2) is 24.2 Å². The van der Waals surface area contributed by atoms with Crippen LogP contribution < -0.4 is 20.5 Å². The van der Waals surface area contributed by atoms with Crippen molar-refractivity contribution in [3.05, 3.63) is 48.2 Å². The Morgan fingerprint density at radius 3 is 2.92 bits per heavy atom. The maximum absolute atomic E-state index is 5.97. The Morgan fingerprint density at radius 1 is 1.28 bits per heavy atom. The topological polar surface area (TPSA) is 81.8 Å². The second kappa shape index (κ2) is 8.37. The van der Waals surface area contributed by atoms with Crippen LogP contribution in [0.1, 0.15) is 31.2 Å². The third-order valence-electron chi connectivity index (χ3n) is 4.16. The molecule has 1 heterocycles. The molecule has 0 aliphatic heterocycles. The van der Waals surface area contributed by atoms with Crippen molar-refractivity contribution in [2.24, 2.45) is 10.7 Å². The molecule has 1 saturated carbocycles. The number of hydrogen-bond acceptors (Lipinski definition) is 4. The van der Waals surface area contributed by atoms with Gasteiger partial charge in [-0.3, -0.25) is 0 Å². The third-order valence-corrected chi connectivity index (χ3v) is 4.16. The first-order valence-electron chi connectivity index (χ1n) is 8.55. The van der Waals surface area contributed by atoms with Crippen molar-refractivity contribution in [3.8, 4) is 11.6 Å². The lowest BCUT2D eigenvalue weighted by atomic mass is 10.2. The van der Waals surface area contributed by atoms with E-state index in [1.54, 1.807) is 13.3 Å². The van der Waals surface area contributed by atoms with Crippen molar-refractivity contribution in [1.29, 1.82) is 0 Å². The maximum atomic E-state index is 5.97. The van der Waals surface area contributed by atoms with Crippen molar-refractivity contribution in [2.75, 3.05) is 12.4 Å². The van der Waals surface area contributed by atoms with Crippen LogP contribution in [0.4, 0.5) is 5.69 Å². The lowest BCUT2D eigenvalue weighted by molar-refractivity contribution is 0.201. The Labute approximate surface area is 148 Å². The first kappa shape index (κ1) is 17.1. The molecule has 1 aliphatic rings. The van der Waals surface area contributed by atoms with Crippen LogP contribution >= 0.6 is 0 Å². The molecule has 0 spiro atoms. The Hall–Kier alpha value is -2.76. The average Bonchev–Trinajstić information content (AvgIpc) is 3.13. The minimum Gasteiger partial charge on any atom is -0.497 e. The summed E-state index contributed by atoms with van der Waals surface area (Å²) in [5, 5.41) is 3.06. The first-order chi connectivity index (χ1) is 12.2. The highest BCUT2D eigenvalue weighted by Gasteiger charge is 2.16. The SMILES string of the molecule is COc1cccc(NC(N)=NCc2ccnc(OC3CCCC3)c2)c1. The minimum atomic E-state index is 0.297. The fourth-order valence-corrected chi connectivity index (χ4v) is 2.85. The molecule has 0 radical (unpaired) electrons. The number of ether oxygens (including phenoxy) is 2. The molecule has 6 nitrogen and oxygen atoms in total. The van der Waals surface area contributed by atoms with Gasteiger partial charge >= 0.3 is 0 Å². The molecule has 25 heavy (non-hydrogen) atoms. The highest BCUT2D eigenvalue weighted by atomic mass is 16.5. The van der Waals surface area contributed by atoms with E-state index >= 15 is 0 Å². The van der Waals surface area contributed by atoms with E-state index in [2.05, 4.69) is 15.3 Å². The molecule has 2 aromatic rings. The van der Waals surface area contributed by atoms with Gasteiger partial charge in [0.05, 0.1) is 13.7 Å². The van der Waals surface area contributed by atoms with Gasteiger partial charge in [-0.05, 0) is 49.4 Å². The molecular weight excluding hydrogens is 316 g/mol. The van der Waals surface area contributed by atoms with Crippen LogP contribution in [0.25, 0.3) is 0 Å². The Bertz CT molecular complexity index is 727. The highest BCUT2D eigenvalue weighted by molar-refractivity contribution is 5.92. The molecule has 0 unspecified atom stereocenters. The van der Waals surface area contributed by atoms with Gasteiger partial charge in [-0.2, -0.15) is 0 Å². The summed E-state index contributed by atoms with van der Waals surface area (Å²) >= 11 is 0. The second-order valence-electron chi connectivity index (χ2n) is 6.09. The van der Waals surface area contributed by atoms with Gasteiger partial charge in [0.1, 0.15) is 11.9 Å². The van der Waals surface area contributed by atoms with Crippen LogP contribution in [0.3, 0.4) is 0 Å². The zero-order chi connectivity index (χ0) is 17.5. The van der Waals surface area contributed by atoms with Gasteiger partial charge in [0.25, 0.3) is 0 Å². The van der Waals surface area contributed by atoms with Gasteiger partial charge in [-0.25, -0.2) is 9.98 Å². The molecular formula is C19H24N4O2. The number of anilines is 1. The molecule has 132 valence electrons. The third kappa shape index (κ3) is 5.11. The number of aliphatic imine (C=N–C) groups is 1. The lowest BCUT2D eigenvalue weighted by Gasteiger charge is -2.12. The van der Waals surface area contributed by atoms with Gasteiger partial charge in [-0.1, -0.05) is 6.07 Å². The Morgan fingerprint density at radius 2 is 2.12 bits per heavy atom. The molecule has 1 aromatic carbocycles.